The number of phenolic OH excluding ortho intramolecular Hbond substituents is 1. The molecule has 5 nitrogen and oxygen atoms in total. The quantitative estimate of drug-likeness (QED) is 0.389. The Bertz CT molecular complexity index is 1020. The highest BCUT2D eigenvalue weighted by molar-refractivity contribution is 6.08. The molecule has 0 amide bonds. The summed E-state index contributed by atoms with van der Waals surface area (Å²) in [5, 5.41) is 10.3. The summed E-state index contributed by atoms with van der Waals surface area (Å²) in [5.41, 5.74) is 1.98. The Hall–Kier alpha value is -3.73. The highest BCUT2D eigenvalue weighted by Gasteiger charge is 2.12. The summed E-state index contributed by atoms with van der Waals surface area (Å²) in [7, 11) is 1.56. The molecule has 0 aromatic heterocycles. The van der Waals surface area contributed by atoms with Gasteiger partial charge in [0.15, 0.2) is 5.78 Å². The molecule has 3 aromatic rings. The fourth-order valence-corrected chi connectivity index (χ4v) is 2.86. The largest absolute Gasteiger partial charge is 0.507 e. The molecular formula is C25H24O5. The van der Waals surface area contributed by atoms with Crippen molar-refractivity contribution in [3.8, 4) is 23.0 Å². The Labute approximate surface area is 176 Å². The lowest BCUT2D eigenvalue weighted by atomic mass is 10.1. The number of methoxy groups -OCH3 is 1. The zero-order valence-electron chi connectivity index (χ0n) is 17.0. The number of hydrogen-bond acceptors (Lipinski definition) is 5. The Kier molecular flexibility index (Phi) is 7.11. The fourth-order valence-electron chi connectivity index (χ4n) is 2.86. The lowest BCUT2D eigenvalue weighted by Gasteiger charge is -2.10. The number of hydrogen-bond donors (Lipinski definition) is 1. The molecule has 0 saturated carbocycles. The maximum Gasteiger partial charge on any atom is 0.189 e. The molecular weight excluding hydrogens is 380 g/mol. The van der Waals surface area contributed by atoms with Gasteiger partial charge in [-0.2, -0.15) is 0 Å². The van der Waals surface area contributed by atoms with Crippen molar-refractivity contribution in [2.45, 2.75) is 13.5 Å². The first-order chi connectivity index (χ1) is 14.6. The van der Waals surface area contributed by atoms with Gasteiger partial charge in [-0.15, -0.1) is 0 Å². The van der Waals surface area contributed by atoms with Crippen LogP contribution in [0.2, 0.25) is 0 Å². The maximum atomic E-state index is 12.6. The summed E-state index contributed by atoms with van der Waals surface area (Å²) in [5.74, 6) is 1.42. The molecule has 30 heavy (non-hydrogen) atoms. The molecule has 1 N–H and O–H groups in total. The van der Waals surface area contributed by atoms with Gasteiger partial charge >= 0.3 is 0 Å². The van der Waals surface area contributed by atoms with E-state index >= 15 is 0 Å². The van der Waals surface area contributed by atoms with Crippen LogP contribution in [-0.4, -0.2) is 24.6 Å². The lowest BCUT2D eigenvalue weighted by Crippen LogP contribution is -2.02. The van der Waals surface area contributed by atoms with E-state index in [1.807, 2.05) is 37.3 Å². The van der Waals surface area contributed by atoms with Gasteiger partial charge in [0.2, 0.25) is 0 Å². The van der Waals surface area contributed by atoms with Crippen LogP contribution in [0.25, 0.3) is 6.08 Å². The van der Waals surface area contributed by atoms with Gasteiger partial charge in [0.05, 0.1) is 19.3 Å². The van der Waals surface area contributed by atoms with E-state index in [1.54, 1.807) is 43.5 Å². The van der Waals surface area contributed by atoms with Gasteiger partial charge in [0, 0.05) is 17.7 Å². The topological polar surface area (TPSA) is 65.0 Å². The maximum absolute atomic E-state index is 12.6. The van der Waals surface area contributed by atoms with Gasteiger partial charge in [0.25, 0.3) is 0 Å². The second kappa shape index (κ2) is 10.2. The van der Waals surface area contributed by atoms with Crippen LogP contribution in [0.3, 0.4) is 0 Å². The van der Waals surface area contributed by atoms with Crippen LogP contribution in [0.5, 0.6) is 23.0 Å². The monoisotopic (exact) mass is 404 g/mol. The SMILES string of the molecule is CCOc1cc(OC)ccc1C(=O)C=Cc1ccc(OCc2ccccc2)cc1O. The van der Waals surface area contributed by atoms with Crippen LogP contribution >= 0.6 is 0 Å². The summed E-state index contributed by atoms with van der Waals surface area (Å²) in [4.78, 5) is 12.6. The van der Waals surface area contributed by atoms with Gasteiger partial charge in [-0.25, -0.2) is 0 Å². The van der Waals surface area contributed by atoms with Crippen LogP contribution in [0, 0.1) is 0 Å². The molecule has 0 unspecified atom stereocenters. The molecule has 0 aliphatic carbocycles. The normalized spacial score (nSPS) is 10.7. The highest BCUT2D eigenvalue weighted by Crippen LogP contribution is 2.28. The molecule has 154 valence electrons. The zero-order chi connectivity index (χ0) is 21.3. The molecule has 0 aliphatic rings. The van der Waals surface area contributed by atoms with Crippen molar-refractivity contribution in [1.82, 2.24) is 0 Å². The average Bonchev–Trinajstić information content (AvgIpc) is 2.77. The van der Waals surface area contributed by atoms with Crippen molar-refractivity contribution in [3.63, 3.8) is 0 Å². The minimum absolute atomic E-state index is 0.0318. The first kappa shape index (κ1) is 21.0. The van der Waals surface area contributed by atoms with Crippen molar-refractivity contribution in [1.29, 1.82) is 0 Å². The Morgan fingerprint density at radius 1 is 0.967 bits per heavy atom. The van der Waals surface area contributed by atoms with E-state index in [1.165, 1.54) is 12.1 Å². The number of carbonyl (C=O) groups excluding carboxylic acids is 1. The number of aromatic hydroxyl groups is 1. The summed E-state index contributed by atoms with van der Waals surface area (Å²) in [6.07, 6.45) is 2.97. The van der Waals surface area contributed by atoms with E-state index in [0.717, 1.165) is 5.56 Å². The molecule has 0 atom stereocenters. The van der Waals surface area contributed by atoms with Crippen molar-refractivity contribution in [3.05, 3.63) is 89.5 Å². The highest BCUT2D eigenvalue weighted by atomic mass is 16.5. The standard InChI is InChI=1S/C25H24O5/c1-3-29-25-16-20(28-2)12-13-22(25)23(26)14-10-19-9-11-21(15-24(19)27)30-17-18-7-5-4-6-8-18/h4-16,27H,3,17H2,1-2H3. The minimum atomic E-state index is -0.232. The van der Waals surface area contributed by atoms with E-state index in [9.17, 15) is 9.90 Å². The second-order valence-corrected chi connectivity index (χ2v) is 6.49. The third-order valence-corrected chi connectivity index (χ3v) is 4.42. The van der Waals surface area contributed by atoms with Gasteiger partial charge in [0.1, 0.15) is 29.6 Å². The van der Waals surface area contributed by atoms with Gasteiger partial charge < -0.3 is 19.3 Å². The number of ether oxygens (including phenoxy) is 3. The molecule has 0 bridgehead atoms. The molecule has 3 rings (SSSR count). The van der Waals surface area contributed by atoms with Gasteiger partial charge in [-0.05, 0) is 48.9 Å². The molecule has 0 radical (unpaired) electrons. The van der Waals surface area contributed by atoms with Crippen LogP contribution < -0.4 is 14.2 Å². The molecule has 0 heterocycles. The minimum Gasteiger partial charge on any atom is -0.507 e. The van der Waals surface area contributed by atoms with Crippen molar-refractivity contribution in [2.24, 2.45) is 0 Å². The van der Waals surface area contributed by atoms with Crippen LogP contribution in [0.4, 0.5) is 0 Å². The number of allylic oxidation sites excluding steroid dienone is 1. The predicted octanol–water partition coefficient (Wildman–Crippen LogP) is 5.27. The number of rotatable bonds is 9. The molecule has 0 fully saturated rings. The van der Waals surface area contributed by atoms with E-state index in [0.29, 0.717) is 41.6 Å². The van der Waals surface area contributed by atoms with Crippen molar-refractivity contribution in [2.75, 3.05) is 13.7 Å². The van der Waals surface area contributed by atoms with Crippen LogP contribution in [0.15, 0.2) is 72.8 Å². The van der Waals surface area contributed by atoms with E-state index in [-0.39, 0.29) is 11.5 Å². The first-order valence-corrected chi connectivity index (χ1v) is 9.63. The van der Waals surface area contributed by atoms with Crippen LogP contribution in [-0.2, 0) is 6.61 Å². The summed E-state index contributed by atoms with van der Waals surface area (Å²) >= 11 is 0. The van der Waals surface area contributed by atoms with Crippen molar-refractivity contribution >= 4 is 11.9 Å². The summed E-state index contributed by atoms with van der Waals surface area (Å²) < 4.78 is 16.4. The first-order valence-electron chi connectivity index (χ1n) is 9.63. The average molecular weight is 404 g/mol. The third kappa shape index (κ3) is 5.41. The second-order valence-electron chi connectivity index (χ2n) is 6.49. The van der Waals surface area contributed by atoms with Crippen LogP contribution in [0.1, 0.15) is 28.4 Å². The smallest absolute Gasteiger partial charge is 0.189 e. The molecule has 3 aromatic carbocycles. The zero-order valence-corrected chi connectivity index (χ0v) is 17.0. The van der Waals surface area contributed by atoms with E-state index in [2.05, 4.69) is 0 Å². The number of phenols is 1. The summed E-state index contributed by atoms with van der Waals surface area (Å²) in [6, 6.07) is 19.8. The number of ketones is 1. The molecule has 0 saturated heterocycles. The Balaban J connectivity index is 1.70. The Morgan fingerprint density at radius 2 is 1.73 bits per heavy atom. The fraction of sp³-hybridized carbons (Fsp3) is 0.160. The van der Waals surface area contributed by atoms with Gasteiger partial charge in [-0.1, -0.05) is 30.3 Å². The molecule has 0 spiro atoms. The summed E-state index contributed by atoms with van der Waals surface area (Å²) in [6.45, 7) is 2.69. The van der Waals surface area contributed by atoms with Gasteiger partial charge in [-0.3, -0.25) is 4.79 Å². The van der Waals surface area contributed by atoms with E-state index < -0.39 is 0 Å². The predicted molar refractivity (Wildman–Crippen MR) is 116 cm³/mol. The lowest BCUT2D eigenvalue weighted by molar-refractivity contribution is 0.104. The van der Waals surface area contributed by atoms with Crippen molar-refractivity contribution < 1.29 is 24.1 Å². The number of carbonyl (C=O) groups is 1. The van der Waals surface area contributed by atoms with E-state index in [4.69, 9.17) is 14.2 Å². The number of benzene rings is 3. The third-order valence-electron chi connectivity index (χ3n) is 4.42. The molecule has 0 aliphatic heterocycles. The molecule has 5 heteroatoms. The Morgan fingerprint density at radius 3 is 2.43 bits per heavy atom.